The number of rotatable bonds is 1. The van der Waals surface area contributed by atoms with Gasteiger partial charge in [0.25, 0.3) is 0 Å². The van der Waals surface area contributed by atoms with Gasteiger partial charge in [-0.15, -0.1) is 0 Å². The second-order valence-electron chi connectivity index (χ2n) is 3.07. The molecule has 4 heteroatoms. The smallest absolute Gasteiger partial charge is 0.144 e. The van der Waals surface area contributed by atoms with Gasteiger partial charge in [-0.1, -0.05) is 0 Å². The number of aromatic nitrogens is 2. The molecule has 0 fully saturated rings. The largest absolute Gasteiger partial charge is 0.508 e. The summed E-state index contributed by atoms with van der Waals surface area (Å²) >= 11 is 0. The van der Waals surface area contributed by atoms with Crippen LogP contribution in [0.3, 0.4) is 0 Å². The maximum absolute atomic E-state index is 9.53. The number of hydrogen-bond donors (Lipinski definition) is 2. The topological polar surface area (TPSA) is 58.3 Å². The highest BCUT2D eigenvalue weighted by molar-refractivity contribution is 5.49. The standard InChI is InChI=1S/C10H10N2O2/c1-7-4-5-12(11-7)9-3-2-8(13)6-10(9)14/h2-6,13-14H,1H3. The molecule has 0 amide bonds. The third-order valence-electron chi connectivity index (χ3n) is 1.93. The van der Waals surface area contributed by atoms with Crippen molar-refractivity contribution in [1.82, 2.24) is 9.78 Å². The van der Waals surface area contributed by atoms with Gasteiger partial charge in [-0.25, -0.2) is 4.68 Å². The highest BCUT2D eigenvalue weighted by atomic mass is 16.3. The van der Waals surface area contributed by atoms with E-state index in [4.69, 9.17) is 5.11 Å². The SMILES string of the molecule is Cc1ccn(-c2ccc(O)cc2O)n1. The number of aryl methyl sites for hydroxylation is 1. The second-order valence-corrected chi connectivity index (χ2v) is 3.07. The highest BCUT2D eigenvalue weighted by Gasteiger charge is 2.04. The lowest BCUT2D eigenvalue weighted by Crippen LogP contribution is -1.94. The lowest BCUT2D eigenvalue weighted by molar-refractivity contribution is 0.447. The van der Waals surface area contributed by atoms with Crippen molar-refractivity contribution in [2.45, 2.75) is 6.92 Å². The van der Waals surface area contributed by atoms with E-state index in [0.717, 1.165) is 5.69 Å². The molecule has 2 rings (SSSR count). The molecule has 0 saturated carbocycles. The van der Waals surface area contributed by atoms with Crippen LogP contribution in [0.1, 0.15) is 5.69 Å². The summed E-state index contributed by atoms with van der Waals surface area (Å²) in [5.74, 6) is 0.0447. The van der Waals surface area contributed by atoms with Gasteiger partial charge >= 0.3 is 0 Å². The molecule has 0 unspecified atom stereocenters. The molecule has 1 heterocycles. The first kappa shape index (κ1) is 8.62. The van der Waals surface area contributed by atoms with Gasteiger partial charge in [0.1, 0.15) is 17.2 Å². The summed E-state index contributed by atoms with van der Waals surface area (Å²) in [5.41, 5.74) is 1.42. The van der Waals surface area contributed by atoms with Crippen LogP contribution in [0.2, 0.25) is 0 Å². The van der Waals surface area contributed by atoms with Crippen molar-refractivity contribution in [3.63, 3.8) is 0 Å². The van der Waals surface area contributed by atoms with Gasteiger partial charge in [-0.05, 0) is 25.1 Å². The molecule has 72 valence electrons. The Morgan fingerprint density at radius 2 is 2.00 bits per heavy atom. The predicted octanol–water partition coefficient (Wildman–Crippen LogP) is 1.59. The number of phenols is 2. The van der Waals surface area contributed by atoms with E-state index in [-0.39, 0.29) is 11.5 Å². The highest BCUT2D eigenvalue weighted by Crippen LogP contribution is 2.25. The van der Waals surface area contributed by atoms with Crippen LogP contribution in [-0.4, -0.2) is 20.0 Å². The Bertz CT molecular complexity index is 463. The van der Waals surface area contributed by atoms with Gasteiger partial charge in [-0.2, -0.15) is 5.10 Å². The molecular weight excluding hydrogens is 180 g/mol. The van der Waals surface area contributed by atoms with Crippen LogP contribution in [-0.2, 0) is 0 Å². The maximum atomic E-state index is 9.53. The van der Waals surface area contributed by atoms with Crippen LogP contribution in [0, 0.1) is 6.92 Å². The van der Waals surface area contributed by atoms with Crippen molar-refractivity contribution in [3.05, 3.63) is 36.2 Å². The van der Waals surface area contributed by atoms with Gasteiger partial charge in [-0.3, -0.25) is 0 Å². The van der Waals surface area contributed by atoms with Crippen LogP contribution >= 0.6 is 0 Å². The normalized spacial score (nSPS) is 10.4. The molecule has 0 spiro atoms. The average molecular weight is 190 g/mol. The molecule has 0 radical (unpaired) electrons. The van der Waals surface area contributed by atoms with Gasteiger partial charge in [0, 0.05) is 12.3 Å². The van der Waals surface area contributed by atoms with Crippen molar-refractivity contribution >= 4 is 0 Å². The average Bonchev–Trinajstić information content (AvgIpc) is 2.51. The van der Waals surface area contributed by atoms with E-state index < -0.39 is 0 Å². The summed E-state index contributed by atoms with van der Waals surface area (Å²) in [6.07, 6.45) is 1.75. The number of nitrogens with zero attached hydrogens (tertiary/aromatic N) is 2. The number of phenolic OH excluding ortho intramolecular Hbond substituents is 2. The molecule has 0 bridgehead atoms. The summed E-state index contributed by atoms with van der Waals surface area (Å²) in [6.45, 7) is 1.87. The minimum atomic E-state index is 0.00750. The van der Waals surface area contributed by atoms with Crippen LogP contribution in [0.15, 0.2) is 30.5 Å². The summed E-state index contributed by atoms with van der Waals surface area (Å²) in [6, 6.07) is 6.24. The van der Waals surface area contributed by atoms with E-state index >= 15 is 0 Å². The minimum absolute atomic E-state index is 0.00750. The number of aromatic hydroxyl groups is 2. The zero-order chi connectivity index (χ0) is 10.1. The van der Waals surface area contributed by atoms with E-state index in [2.05, 4.69) is 5.10 Å². The van der Waals surface area contributed by atoms with E-state index in [1.165, 1.54) is 12.1 Å². The summed E-state index contributed by atoms with van der Waals surface area (Å²) in [7, 11) is 0. The van der Waals surface area contributed by atoms with E-state index in [1.807, 2.05) is 13.0 Å². The first-order valence-corrected chi connectivity index (χ1v) is 4.21. The molecule has 0 atom stereocenters. The van der Waals surface area contributed by atoms with Crippen molar-refractivity contribution in [3.8, 4) is 17.2 Å². The molecule has 14 heavy (non-hydrogen) atoms. The van der Waals surface area contributed by atoms with Crippen LogP contribution in [0.4, 0.5) is 0 Å². The minimum Gasteiger partial charge on any atom is -0.508 e. The zero-order valence-corrected chi connectivity index (χ0v) is 7.68. The van der Waals surface area contributed by atoms with Crippen molar-refractivity contribution < 1.29 is 10.2 Å². The number of benzene rings is 1. The lowest BCUT2D eigenvalue weighted by atomic mass is 10.3. The Morgan fingerprint density at radius 1 is 1.21 bits per heavy atom. The molecule has 0 saturated heterocycles. The lowest BCUT2D eigenvalue weighted by Gasteiger charge is -2.04. The summed E-state index contributed by atoms with van der Waals surface area (Å²) in [4.78, 5) is 0. The second kappa shape index (κ2) is 3.06. The van der Waals surface area contributed by atoms with Crippen molar-refractivity contribution in [2.75, 3.05) is 0 Å². The third-order valence-corrected chi connectivity index (χ3v) is 1.93. The predicted molar refractivity (Wildman–Crippen MR) is 51.6 cm³/mol. The van der Waals surface area contributed by atoms with Gasteiger partial charge in [0.2, 0.25) is 0 Å². The molecule has 1 aromatic carbocycles. The first-order valence-electron chi connectivity index (χ1n) is 4.21. The van der Waals surface area contributed by atoms with E-state index in [1.54, 1.807) is 16.9 Å². The Balaban J connectivity index is 2.52. The first-order chi connectivity index (χ1) is 6.66. The molecule has 0 aliphatic heterocycles. The van der Waals surface area contributed by atoms with Crippen LogP contribution in [0.5, 0.6) is 11.5 Å². The quantitative estimate of drug-likeness (QED) is 0.718. The molecule has 2 aromatic rings. The fraction of sp³-hybridized carbons (Fsp3) is 0.100. The van der Waals surface area contributed by atoms with Crippen LogP contribution in [0.25, 0.3) is 5.69 Å². The Morgan fingerprint density at radius 3 is 2.57 bits per heavy atom. The summed E-state index contributed by atoms with van der Waals surface area (Å²) < 4.78 is 1.56. The van der Waals surface area contributed by atoms with Crippen molar-refractivity contribution in [2.24, 2.45) is 0 Å². The fourth-order valence-corrected chi connectivity index (χ4v) is 1.25. The van der Waals surface area contributed by atoms with Crippen LogP contribution < -0.4 is 0 Å². The maximum Gasteiger partial charge on any atom is 0.144 e. The van der Waals surface area contributed by atoms with Crippen molar-refractivity contribution in [1.29, 1.82) is 0 Å². The van der Waals surface area contributed by atoms with Gasteiger partial charge in [0.15, 0.2) is 0 Å². The summed E-state index contributed by atoms with van der Waals surface area (Å²) in [5, 5.41) is 22.8. The molecule has 1 aromatic heterocycles. The Labute approximate surface area is 81.0 Å². The van der Waals surface area contributed by atoms with Gasteiger partial charge in [0.05, 0.1) is 5.69 Å². The zero-order valence-electron chi connectivity index (χ0n) is 7.68. The number of hydrogen-bond acceptors (Lipinski definition) is 3. The molecular formula is C10H10N2O2. The Kier molecular flexibility index (Phi) is 1.89. The molecule has 2 N–H and O–H groups in total. The van der Waals surface area contributed by atoms with E-state index in [0.29, 0.717) is 5.69 Å². The molecule has 4 nitrogen and oxygen atoms in total. The Hall–Kier alpha value is -1.97. The monoisotopic (exact) mass is 190 g/mol. The van der Waals surface area contributed by atoms with Gasteiger partial charge < -0.3 is 10.2 Å². The third kappa shape index (κ3) is 1.42. The van der Waals surface area contributed by atoms with E-state index in [9.17, 15) is 5.11 Å². The molecule has 0 aliphatic rings. The fourth-order valence-electron chi connectivity index (χ4n) is 1.25. The molecule has 0 aliphatic carbocycles.